The van der Waals surface area contributed by atoms with E-state index in [1.807, 2.05) is 0 Å². The third kappa shape index (κ3) is 14.3. The molecule has 0 rings (SSSR count). The highest BCUT2D eigenvalue weighted by Crippen LogP contribution is 2.02. The molecule has 14 heavy (non-hydrogen) atoms. The van der Waals surface area contributed by atoms with E-state index in [1.165, 1.54) is 25.7 Å². The van der Waals surface area contributed by atoms with E-state index in [0.717, 1.165) is 6.42 Å². The molecule has 0 amide bonds. The van der Waals surface area contributed by atoms with Crippen molar-refractivity contribution in [1.29, 1.82) is 0 Å². The highest BCUT2D eigenvalue weighted by Gasteiger charge is 1.95. The first-order valence-corrected chi connectivity index (χ1v) is 5.07. The second-order valence-electron chi connectivity index (χ2n) is 3.17. The molecule has 0 bridgehead atoms. The average Bonchev–Trinajstić information content (AvgIpc) is 2.09. The van der Waals surface area contributed by atoms with Gasteiger partial charge in [0.2, 0.25) is 0 Å². The van der Waals surface area contributed by atoms with Crippen LogP contribution in [0.3, 0.4) is 0 Å². The summed E-state index contributed by atoms with van der Waals surface area (Å²) in [6.07, 6.45) is 6.17. The van der Waals surface area contributed by atoms with Crippen molar-refractivity contribution in [2.75, 3.05) is 13.2 Å². The summed E-state index contributed by atoms with van der Waals surface area (Å²) < 4.78 is 5.14. The van der Waals surface area contributed by atoms with Crippen LogP contribution in [0.4, 0.5) is 0 Å². The van der Waals surface area contributed by atoms with Crippen LogP contribution in [0.2, 0.25) is 0 Å². The zero-order chi connectivity index (χ0) is 9.94. The van der Waals surface area contributed by atoms with Gasteiger partial charge in [-0.3, -0.25) is 4.79 Å². The van der Waals surface area contributed by atoms with E-state index in [1.54, 1.807) is 0 Å². The van der Waals surface area contributed by atoms with Crippen LogP contribution >= 0.6 is 12.4 Å². The molecular weight excluding hydrogens is 204 g/mol. The van der Waals surface area contributed by atoms with Crippen LogP contribution in [0.15, 0.2) is 0 Å². The highest BCUT2D eigenvalue weighted by molar-refractivity contribution is 5.85. The topological polar surface area (TPSA) is 46.5 Å². The molecule has 0 aliphatic heterocycles. The van der Waals surface area contributed by atoms with E-state index in [2.05, 4.69) is 6.92 Å². The maximum atomic E-state index is 10.1. The average molecular weight is 225 g/mol. The third-order valence-electron chi connectivity index (χ3n) is 1.85. The van der Waals surface area contributed by atoms with Crippen LogP contribution in [0, 0.1) is 0 Å². The second-order valence-corrected chi connectivity index (χ2v) is 3.17. The third-order valence-corrected chi connectivity index (χ3v) is 1.85. The van der Waals surface area contributed by atoms with Gasteiger partial charge in [-0.15, -0.1) is 12.4 Å². The molecule has 0 aliphatic rings. The second kappa shape index (κ2) is 12.7. The summed E-state index contributed by atoms with van der Waals surface area (Å²) in [6, 6.07) is 0. The molecule has 0 saturated carbocycles. The maximum absolute atomic E-state index is 10.1. The number of carboxylic acid groups (broad SMARTS) is 1. The van der Waals surface area contributed by atoms with E-state index in [9.17, 15) is 4.79 Å². The Morgan fingerprint density at radius 2 is 1.79 bits per heavy atom. The predicted molar refractivity (Wildman–Crippen MR) is 59.1 cm³/mol. The Morgan fingerprint density at radius 3 is 2.36 bits per heavy atom. The summed E-state index contributed by atoms with van der Waals surface area (Å²) in [5.74, 6) is -0.786. The normalized spacial score (nSPS) is 9.50. The molecule has 0 aliphatic carbocycles. The van der Waals surface area contributed by atoms with Crippen LogP contribution in [0.1, 0.15) is 45.4 Å². The maximum Gasteiger partial charge on any atom is 0.305 e. The van der Waals surface area contributed by atoms with E-state index >= 15 is 0 Å². The molecule has 0 spiro atoms. The standard InChI is InChI=1S/C10H20O3.ClH/c1-2-3-4-5-6-8-13-9-7-10(11)12;/h2-9H2,1H3,(H,11,12);1H. The lowest BCUT2D eigenvalue weighted by atomic mass is 10.2. The Kier molecular flexibility index (Phi) is 14.7. The number of halogens is 1. The lowest BCUT2D eigenvalue weighted by Crippen LogP contribution is -2.03. The van der Waals surface area contributed by atoms with Crippen molar-refractivity contribution in [3.8, 4) is 0 Å². The molecule has 0 heterocycles. The number of hydrogen-bond acceptors (Lipinski definition) is 2. The number of aliphatic carboxylic acids is 1. The molecule has 86 valence electrons. The number of carbonyl (C=O) groups is 1. The predicted octanol–water partition coefficient (Wildman–Crippen LogP) is 2.87. The van der Waals surface area contributed by atoms with Gasteiger partial charge in [0.1, 0.15) is 0 Å². The first-order valence-electron chi connectivity index (χ1n) is 5.07. The molecule has 0 radical (unpaired) electrons. The van der Waals surface area contributed by atoms with E-state index in [4.69, 9.17) is 9.84 Å². The molecule has 0 aromatic rings. The van der Waals surface area contributed by atoms with E-state index < -0.39 is 5.97 Å². The Hall–Kier alpha value is -0.280. The minimum atomic E-state index is -0.786. The minimum Gasteiger partial charge on any atom is -0.481 e. The molecule has 0 fully saturated rings. The smallest absolute Gasteiger partial charge is 0.305 e. The molecular formula is C10H21ClO3. The van der Waals surface area contributed by atoms with Gasteiger partial charge in [-0.2, -0.15) is 0 Å². The van der Waals surface area contributed by atoms with Gasteiger partial charge in [-0.1, -0.05) is 32.6 Å². The summed E-state index contributed by atoms with van der Waals surface area (Å²) in [4.78, 5) is 10.1. The molecule has 0 aromatic heterocycles. The lowest BCUT2D eigenvalue weighted by Gasteiger charge is -2.01. The highest BCUT2D eigenvalue weighted by atomic mass is 35.5. The Bertz CT molecular complexity index is 129. The SMILES string of the molecule is CCCCCCCOCCC(=O)O.Cl. The number of rotatable bonds is 9. The number of unbranched alkanes of at least 4 members (excludes halogenated alkanes) is 4. The van der Waals surface area contributed by atoms with Crippen LogP contribution < -0.4 is 0 Å². The zero-order valence-electron chi connectivity index (χ0n) is 8.83. The van der Waals surface area contributed by atoms with Crippen LogP contribution in [0.5, 0.6) is 0 Å². The first kappa shape index (κ1) is 16.2. The van der Waals surface area contributed by atoms with Crippen molar-refractivity contribution in [3.63, 3.8) is 0 Å². The van der Waals surface area contributed by atoms with Crippen molar-refractivity contribution in [1.82, 2.24) is 0 Å². The van der Waals surface area contributed by atoms with Crippen molar-refractivity contribution in [3.05, 3.63) is 0 Å². The minimum absolute atomic E-state index is 0. The number of ether oxygens (including phenoxy) is 1. The van der Waals surface area contributed by atoms with Gasteiger partial charge in [0.25, 0.3) is 0 Å². The quantitative estimate of drug-likeness (QED) is 0.613. The number of hydrogen-bond donors (Lipinski definition) is 1. The van der Waals surface area contributed by atoms with E-state index in [0.29, 0.717) is 13.2 Å². The Labute approximate surface area is 92.2 Å². The van der Waals surface area contributed by atoms with Crippen molar-refractivity contribution < 1.29 is 14.6 Å². The van der Waals surface area contributed by atoms with Gasteiger partial charge >= 0.3 is 5.97 Å². The zero-order valence-corrected chi connectivity index (χ0v) is 9.65. The lowest BCUT2D eigenvalue weighted by molar-refractivity contribution is -0.138. The molecule has 0 aromatic carbocycles. The van der Waals surface area contributed by atoms with Crippen molar-refractivity contribution >= 4 is 18.4 Å². The molecule has 0 atom stereocenters. The molecule has 0 unspecified atom stereocenters. The molecule has 1 N–H and O–H groups in total. The summed E-state index contributed by atoms with van der Waals surface area (Å²) in [7, 11) is 0. The van der Waals surface area contributed by atoms with Crippen LogP contribution in [0.25, 0.3) is 0 Å². The fourth-order valence-electron chi connectivity index (χ4n) is 1.07. The van der Waals surface area contributed by atoms with Gasteiger partial charge in [-0.25, -0.2) is 0 Å². The first-order chi connectivity index (χ1) is 6.27. The fraction of sp³-hybridized carbons (Fsp3) is 0.900. The van der Waals surface area contributed by atoms with Crippen molar-refractivity contribution in [2.24, 2.45) is 0 Å². The van der Waals surface area contributed by atoms with Gasteiger partial charge in [0.15, 0.2) is 0 Å². The van der Waals surface area contributed by atoms with Crippen LogP contribution in [-0.2, 0) is 9.53 Å². The summed E-state index contributed by atoms with van der Waals surface area (Å²) in [5.41, 5.74) is 0. The van der Waals surface area contributed by atoms with Gasteiger partial charge in [0, 0.05) is 6.61 Å². The van der Waals surface area contributed by atoms with E-state index in [-0.39, 0.29) is 18.8 Å². The fourth-order valence-corrected chi connectivity index (χ4v) is 1.07. The summed E-state index contributed by atoms with van der Waals surface area (Å²) >= 11 is 0. The van der Waals surface area contributed by atoms with Crippen molar-refractivity contribution in [2.45, 2.75) is 45.4 Å². The summed E-state index contributed by atoms with van der Waals surface area (Å²) in [6.45, 7) is 3.24. The monoisotopic (exact) mass is 224 g/mol. The molecule has 4 heteroatoms. The summed E-state index contributed by atoms with van der Waals surface area (Å²) in [5, 5.41) is 8.31. The largest absolute Gasteiger partial charge is 0.481 e. The molecule has 0 saturated heterocycles. The van der Waals surface area contributed by atoms with Gasteiger partial charge < -0.3 is 9.84 Å². The Morgan fingerprint density at radius 1 is 1.14 bits per heavy atom. The Balaban J connectivity index is 0. The van der Waals surface area contributed by atoms with Gasteiger partial charge in [0.05, 0.1) is 13.0 Å². The van der Waals surface area contributed by atoms with Gasteiger partial charge in [-0.05, 0) is 6.42 Å². The van der Waals surface area contributed by atoms with Crippen LogP contribution in [-0.4, -0.2) is 24.3 Å². The number of carboxylic acids is 1. The molecule has 3 nitrogen and oxygen atoms in total.